The number of aliphatic hydroxyl groups excluding tert-OH is 1. The van der Waals surface area contributed by atoms with Crippen LogP contribution in [0.4, 0.5) is 0 Å². The quantitative estimate of drug-likeness (QED) is 0.866. The third-order valence-corrected chi connectivity index (χ3v) is 4.15. The van der Waals surface area contributed by atoms with Gasteiger partial charge in [0.05, 0.1) is 11.5 Å². The van der Waals surface area contributed by atoms with E-state index < -0.39 is 16.1 Å². The second-order valence-electron chi connectivity index (χ2n) is 3.37. The molecule has 0 amide bonds. The second-order valence-corrected chi connectivity index (χ2v) is 6.00. The second kappa shape index (κ2) is 5.77. The third kappa shape index (κ3) is 3.55. The number of hydrogen-bond donors (Lipinski definition) is 2. The molecule has 0 heterocycles. The van der Waals surface area contributed by atoms with Gasteiger partial charge in [0, 0.05) is 10.5 Å². The standard InChI is InChI=1S/C10H14BrNO3S/c1-2-9(7-13)12-16(14,15)10-5-3-4-8(11)6-10/h3-6,9,12-13H,2,7H2,1H3/t9-/m0/s1. The molecule has 0 radical (unpaired) electrons. The molecule has 0 aliphatic heterocycles. The molecule has 1 aromatic rings. The van der Waals surface area contributed by atoms with Crippen molar-refractivity contribution in [2.75, 3.05) is 6.61 Å². The predicted octanol–water partition coefficient (Wildman–Crippen LogP) is 1.50. The monoisotopic (exact) mass is 307 g/mol. The highest BCUT2D eigenvalue weighted by atomic mass is 79.9. The minimum Gasteiger partial charge on any atom is -0.395 e. The van der Waals surface area contributed by atoms with Gasteiger partial charge in [-0.2, -0.15) is 0 Å². The van der Waals surface area contributed by atoms with Crippen molar-refractivity contribution < 1.29 is 13.5 Å². The van der Waals surface area contributed by atoms with Crippen molar-refractivity contribution in [3.05, 3.63) is 28.7 Å². The van der Waals surface area contributed by atoms with Gasteiger partial charge in [0.15, 0.2) is 0 Å². The molecule has 90 valence electrons. The SMILES string of the molecule is CC[C@@H](CO)NS(=O)(=O)c1cccc(Br)c1. The Morgan fingerprint density at radius 1 is 1.50 bits per heavy atom. The molecule has 0 unspecified atom stereocenters. The Balaban J connectivity index is 2.94. The first kappa shape index (κ1) is 13.6. The summed E-state index contributed by atoms with van der Waals surface area (Å²) >= 11 is 3.21. The molecule has 0 spiro atoms. The van der Waals surface area contributed by atoms with Crippen molar-refractivity contribution in [3.8, 4) is 0 Å². The lowest BCUT2D eigenvalue weighted by atomic mass is 10.3. The smallest absolute Gasteiger partial charge is 0.240 e. The van der Waals surface area contributed by atoms with Crippen LogP contribution in [0.1, 0.15) is 13.3 Å². The first-order valence-electron chi connectivity index (χ1n) is 4.88. The molecule has 0 fully saturated rings. The van der Waals surface area contributed by atoms with E-state index in [0.29, 0.717) is 10.9 Å². The Morgan fingerprint density at radius 2 is 2.19 bits per heavy atom. The number of benzene rings is 1. The summed E-state index contributed by atoms with van der Waals surface area (Å²) < 4.78 is 26.9. The molecule has 6 heteroatoms. The lowest BCUT2D eigenvalue weighted by Gasteiger charge is -2.14. The highest BCUT2D eigenvalue weighted by Crippen LogP contribution is 2.16. The van der Waals surface area contributed by atoms with E-state index in [-0.39, 0.29) is 11.5 Å². The van der Waals surface area contributed by atoms with Crippen molar-refractivity contribution in [1.82, 2.24) is 4.72 Å². The normalized spacial score (nSPS) is 13.7. The van der Waals surface area contributed by atoms with Gasteiger partial charge >= 0.3 is 0 Å². The lowest BCUT2D eigenvalue weighted by Crippen LogP contribution is -2.36. The van der Waals surface area contributed by atoms with E-state index in [1.54, 1.807) is 12.1 Å². The summed E-state index contributed by atoms with van der Waals surface area (Å²) in [5.41, 5.74) is 0. The molecule has 2 N–H and O–H groups in total. The van der Waals surface area contributed by atoms with Crippen molar-refractivity contribution in [1.29, 1.82) is 0 Å². The number of hydrogen-bond acceptors (Lipinski definition) is 3. The van der Waals surface area contributed by atoms with Gasteiger partial charge in [-0.25, -0.2) is 13.1 Å². The summed E-state index contributed by atoms with van der Waals surface area (Å²) in [6.07, 6.45) is 0.545. The Hall–Kier alpha value is -0.430. The molecule has 0 saturated carbocycles. The van der Waals surface area contributed by atoms with Gasteiger partial charge in [-0.05, 0) is 24.6 Å². The van der Waals surface area contributed by atoms with Crippen molar-refractivity contribution >= 4 is 26.0 Å². The summed E-state index contributed by atoms with van der Waals surface area (Å²) in [4.78, 5) is 0.189. The molecule has 0 aliphatic rings. The van der Waals surface area contributed by atoms with Crippen LogP contribution in [-0.2, 0) is 10.0 Å². The molecule has 1 rings (SSSR count). The van der Waals surface area contributed by atoms with Crippen LogP contribution in [0, 0.1) is 0 Å². The zero-order valence-electron chi connectivity index (χ0n) is 8.85. The molecule has 16 heavy (non-hydrogen) atoms. The van der Waals surface area contributed by atoms with Crippen LogP contribution in [0.15, 0.2) is 33.6 Å². The number of sulfonamides is 1. The Kier molecular flexibility index (Phi) is 4.91. The van der Waals surface area contributed by atoms with E-state index >= 15 is 0 Å². The van der Waals surface area contributed by atoms with Crippen LogP contribution in [0.2, 0.25) is 0 Å². The number of halogens is 1. The van der Waals surface area contributed by atoms with Gasteiger partial charge in [-0.15, -0.1) is 0 Å². The van der Waals surface area contributed by atoms with E-state index in [0.717, 1.165) is 0 Å². The maximum absolute atomic E-state index is 11.9. The van der Waals surface area contributed by atoms with E-state index in [4.69, 9.17) is 5.11 Å². The summed E-state index contributed by atoms with van der Waals surface area (Å²) in [5, 5.41) is 8.95. The minimum absolute atomic E-state index is 0.189. The number of aliphatic hydroxyl groups is 1. The van der Waals surface area contributed by atoms with Gasteiger partial charge < -0.3 is 5.11 Å². The highest BCUT2D eigenvalue weighted by molar-refractivity contribution is 9.10. The fraction of sp³-hybridized carbons (Fsp3) is 0.400. The molecule has 0 aliphatic carbocycles. The Morgan fingerprint density at radius 3 is 2.69 bits per heavy atom. The summed E-state index contributed by atoms with van der Waals surface area (Å²) in [6, 6.07) is 5.99. The average Bonchev–Trinajstić information content (AvgIpc) is 2.26. The van der Waals surface area contributed by atoms with E-state index in [1.165, 1.54) is 12.1 Å². The topological polar surface area (TPSA) is 66.4 Å². The zero-order valence-corrected chi connectivity index (χ0v) is 11.3. The first-order valence-corrected chi connectivity index (χ1v) is 7.16. The van der Waals surface area contributed by atoms with Crippen LogP contribution in [0.3, 0.4) is 0 Å². The molecule has 1 aromatic carbocycles. The van der Waals surface area contributed by atoms with E-state index in [9.17, 15) is 8.42 Å². The van der Waals surface area contributed by atoms with Gasteiger partial charge in [0.1, 0.15) is 0 Å². The summed E-state index contributed by atoms with van der Waals surface area (Å²) in [5.74, 6) is 0. The van der Waals surface area contributed by atoms with E-state index in [1.807, 2.05) is 6.92 Å². The predicted molar refractivity (Wildman–Crippen MR) is 65.6 cm³/mol. The molecule has 4 nitrogen and oxygen atoms in total. The Labute approximate surface area is 104 Å². The minimum atomic E-state index is -3.55. The highest BCUT2D eigenvalue weighted by Gasteiger charge is 2.18. The molecular formula is C10H14BrNO3S. The van der Waals surface area contributed by atoms with Crippen LogP contribution < -0.4 is 4.72 Å². The number of nitrogens with one attached hydrogen (secondary N) is 1. The van der Waals surface area contributed by atoms with Gasteiger partial charge in [0.2, 0.25) is 10.0 Å². The Bertz CT molecular complexity index is 443. The largest absolute Gasteiger partial charge is 0.395 e. The number of rotatable bonds is 5. The molecule has 0 bridgehead atoms. The molecule has 1 atom stereocenters. The van der Waals surface area contributed by atoms with Crippen molar-refractivity contribution in [3.63, 3.8) is 0 Å². The van der Waals surface area contributed by atoms with Crippen LogP contribution in [0.25, 0.3) is 0 Å². The fourth-order valence-corrected chi connectivity index (χ4v) is 3.08. The van der Waals surface area contributed by atoms with Gasteiger partial charge in [0.25, 0.3) is 0 Å². The van der Waals surface area contributed by atoms with Crippen molar-refractivity contribution in [2.45, 2.75) is 24.3 Å². The van der Waals surface area contributed by atoms with Crippen molar-refractivity contribution in [2.24, 2.45) is 0 Å². The summed E-state index contributed by atoms with van der Waals surface area (Å²) in [6.45, 7) is 1.61. The first-order chi connectivity index (χ1) is 7.49. The summed E-state index contributed by atoms with van der Waals surface area (Å²) in [7, 11) is -3.55. The van der Waals surface area contributed by atoms with Crippen LogP contribution in [0.5, 0.6) is 0 Å². The van der Waals surface area contributed by atoms with Crippen LogP contribution >= 0.6 is 15.9 Å². The van der Waals surface area contributed by atoms with Gasteiger partial charge in [-0.1, -0.05) is 28.9 Å². The van der Waals surface area contributed by atoms with Gasteiger partial charge in [-0.3, -0.25) is 0 Å². The van der Waals surface area contributed by atoms with Crippen LogP contribution in [-0.4, -0.2) is 26.2 Å². The zero-order chi connectivity index (χ0) is 12.2. The molecule has 0 aromatic heterocycles. The molecular weight excluding hydrogens is 294 g/mol. The molecule has 0 saturated heterocycles. The maximum Gasteiger partial charge on any atom is 0.240 e. The fourth-order valence-electron chi connectivity index (χ4n) is 1.17. The lowest BCUT2D eigenvalue weighted by molar-refractivity contribution is 0.254. The third-order valence-electron chi connectivity index (χ3n) is 2.14. The maximum atomic E-state index is 11.9. The van der Waals surface area contributed by atoms with E-state index in [2.05, 4.69) is 20.7 Å². The average molecular weight is 308 g/mol.